The minimum atomic E-state index is -0.132. The molecule has 3 N–H and O–H groups in total. The van der Waals surface area contributed by atoms with Crippen molar-refractivity contribution in [2.24, 2.45) is 5.73 Å². The van der Waals surface area contributed by atoms with Gasteiger partial charge in [-0.15, -0.1) is 0 Å². The first-order valence-electron chi connectivity index (χ1n) is 5.71. The van der Waals surface area contributed by atoms with Crippen molar-refractivity contribution < 1.29 is 4.79 Å². The zero-order valence-corrected chi connectivity index (χ0v) is 9.91. The molecular weight excluding hydrogens is 226 g/mol. The van der Waals surface area contributed by atoms with E-state index in [-0.39, 0.29) is 12.6 Å². The predicted molar refractivity (Wildman–Crippen MR) is 71.9 cm³/mol. The molecule has 4 heteroatoms. The average Bonchev–Trinajstić information content (AvgIpc) is 2.46. The molecule has 0 heterocycles. The number of nitrogens with one attached hydrogen (secondary N) is 1. The van der Waals surface area contributed by atoms with Crippen LogP contribution in [-0.4, -0.2) is 12.6 Å². The number of hydrazine groups is 1. The fraction of sp³-hybridized carbons (Fsp3) is 0.0714. The van der Waals surface area contributed by atoms with E-state index in [1.807, 2.05) is 48.5 Å². The SMILES string of the molecule is NCNN(C(=O)c1ccccc1)c1ccccc1. The highest BCUT2D eigenvalue weighted by Gasteiger charge is 2.16. The molecule has 2 rings (SSSR count). The summed E-state index contributed by atoms with van der Waals surface area (Å²) in [5.74, 6) is -0.132. The summed E-state index contributed by atoms with van der Waals surface area (Å²) < 4.78 is 0. The van der Waals surface area contributed by atoms with Crippen LogP contribution in [0.5, 0.6) is 0 Å². The molecule has 0 fully saturated rings. The summed E-state index contributed by atoms with van der Waals surface area (Å²) in [6.45, 7) is 0.188. The highest BCUT2D eigenvalue weighted by Crippen LogP contribution is 2.14. The molecule has 92 valence electrons. The van der Waals surface area contributed by atoms with Crippen molar-refractivity contribution in [2.45, 2.75) is 0 Å². The number of hydrogen-bond acceptors (Lipinski definition) is 3. The molecule has 0 saturated heterocycles. The first-order chi connectivity index (χ1) is 8.83. The van der Waals surface area contributed by atoms with Crippen LogP contribution >= 0.6 is 0 Å². The maximum Gasteiger partial charge on any atom is 0.272 e. The average molecular weight is 241 g/mol. The minimum absolute atomic E-state index is 0.132. The van der Waals surface area contributed by atoms with Crippen LogP contribution in [0.1, 0.15) is 10.4 Å². The van der Waals surface area contributed by atoms with Crippen molar-refractivity contribution >= 4 is 11.6 Å². The Hall–Kier alpha value is -2.17. The van der Waals surface area contributed by atoms with Gasteiger partial charge in [0.1, 0.15) is 0 Å². The number of hydrogen-bond donors (Lipinski definition) is 2. The minimum Gasteiger partial charge on any atom is -0.317 e. The Morgan fingerprint density at radius 2 is 1.56 bits per heavy atom. The largest absolute Gasteiger partial charge is 0.317 e. The maximum absolute atomic E-state index is 12.3. The Morgan fingerprint density at radius 3 is 2.11 bits per heavy atom. The third-order valence-corrected chi connectivity index (χ3v) is 2.49. The molecule has 0 aliphatic rings. The van der Waals surface area contributed by atoms with Gasteiger partial charge in [-0.3, -0.25) is 4.79 Å². The Balaban J connectivity index is 2.29. The van der Waals surface area contributed by atoms with Crippen molar-refractivity contribution in [3.05, 3.63) is 66.2 Å². The Bertz CT molecular complexity index is 499. The number of para-hydroxylation sites is 1. The maximum atomic E-state index is 12.3. The van der Waals surface area contributed by atoms with Crippen molar-refractivity contribution in [3.63, 3.8) is 0 Å². The van der Waals surface area contributed by atoms with E-state index in [0.717, 1.165) is 5.69 Å². The topological polar surface area (TPSA) is 58.4 Å². The summed E-state index contributed by atoms with van der Waals surface area (Å²) in [5, 5.41) is 1.45. The van der Waals surface area contributed by atoms with Crippen LogP contribution in [0.2, 0.25) is 0 Å². The number of carbonyl (C=O) groups is 1. The van der Waals surface area contributed by atoms with E-state index in [9.17, 15) is 4.79 Å². The first-order valence-corrected chi connectivity index (χ1v) is 5.71. The Morgan fingerprint density at radius 1 is 1.00 bits per heavy atom. The van der Waals surface area contributed by atoms with Crippen molar-refractivity contribution in [1.82, 2.24) is 5.43 Å². The lowest BCUT2D eigenvalue weighted by Gasteiger charge is -2.22. The third kappa shape index (κ3) is 2.74. The van der Waals surface area contributed by atoms with E-state index in [1.54, 1.807) is 12.1 Å². The van der Waals surface area contributed by atoms with Crippen LogP contribution in [-0.2, 0) is 0 Å². The Kier molecular flexibility index (Phi) is 4.06. The molecule has 0 bridgehead atoms. The van der Waals surface area contributed by atoms with E-state index >= 15 is 0 Å². The molecule has 0 atom stereocenters. The molecule has 0 radical (unpaired) electrons. The number of nitrogens with two attached hydrogens (primary N) is 1. The second kappa shape index (κ2) is 5.95. The van der Waals surface area contributed by atoms with E-state index in [2.05, 4.69) is 5.43 Å². The van der Waals surface area contributed by atoms with Gasteiger partial charge in [-0.05, 0) is 24.3 Å². The predicted octanol–water partition coefficient (Wildman–Crippen LogP) is 1.75. The molecule has 2 aromatic carbocycles. The lowest BCUT2D eigenvalue weighted by atomic mass is 10.2. The van der Waals surface area contributed by atoms with Crippen molar-refractivity contribution in [1.29, 1.82) is 0 Å². The lowest BCUT2D eigenvalue weighted by Crippen LogP contribution is -2.45. The van der Waals surface area contributed by atoms with Crippen LogP contribution < -0.4 is 16.2 Å². The molecule has 0 unspecified atom stereocenters. The monoisotopic (exact) mass is 241 g/mol. The van der Waals surface area contributed by atoms with Gasteiger partial charge in [0.2, 0.25) is 0 Å². The summed E-state index contributed by atoms with van der Waals surface area (Å²) in [4.78, 5) is 12.3. The fourth-order valence-electron chi connectivity index (χ4n) is 1.66. The second-order valence-corrected chi connectivity index (χ2v) is 3.70. The van der Waals surface area contributed by atoms with Crippen LogP contribution in [0.15, 0.2) is 60.7 Å². The molecular formula is C14H15N3O. The molecule has 0 saturated carbocycles. The summed E-state index contributed by atoms with van der Waals surface area (Å²) >= 11 is 0. The second-order valence-electron chi connectivity index (χ2n) is 3.70. The van der Waals surface area contributed by atoms with Gasteiger partial charge in [0.25, 0.3) is 5.91 Å². The normalized spacial score (nSPS) is 10.1. The smallest absolute Gasteiger partial charge is 0.272 e. The third-order valence-electron chi connectivity index (χ3n) is 2.49. The van der Waals surface area contributed by atoms with Crippen LogP contribution in [0.3, 0.4) is 0 Å². The van der Waals surface area contributed by atoms with Gasteiger partial charge in [-0.1, -0.05) is 36.4 Å². The molecule has 0 spiro atoms. The molecule has 4 nitrogen and oxygen atoms in total. The number of carbonyl (C=O) groups excluding carboxylic acids is 1. The number of benzene rings is 2. The fourth-order valence-corrected chi connectivity index (χ4v) is 1.66. The van der Waals surface area contributed by atoms with Gasteiger partial charge in [-0.25, -0.2) is 10.4 Å². The highest BCUT2D eigenvalue weighted by atomic mass is 16.2. The number of nitrogens with zero attached hydrogens (tertiary/aromatic N) is 1. The first kappa shape index (κ1) is 12.3. The molecule has 0 aliphatic heterocycles. The van der Waals surface area contributed by atoms with E-state index in [4.69, 9.17) is 5.73 Å². The quantitative estimate of drug-likeness (QED) is 0.633. The zero-order chi connectivity index (χ0) is 12.8. The summed E-state index contributed by atoms with van der Waals surface area (Å²) in [5.41, 5.74) is 9.71. The Labute approximate surface area is 106 Å². The van der Waals surface area contributed by atoms with E-state index < -0.39 is 0 Å². The van der Waals surface area contributed by atoms with Crippen LogP contribution in [0.25, 0.3) is 0 Å². The van der Waals surface area contributed by atoms with Crippen LogP contribution in [0, 0.1) is 0 Å². The van der Waals surface area contributed by atoms with Crippen molar-refractivity contribution in [2.75, 3.05) is 11.7 Å². The highest BCUT2D eigenvalue weighted by molar-refractivity contribution is 6.05. The molecule has 1 amide bonds. The number of amides is 1. The van der Waals surface area contributed by atoms with E-state index in [0.29, 0.717) is 5.56 Å². The standard InChI is InChI=1S/C14H15N3O/c15-11-16-17(13-9-5-2-6-10-13)14(18)12-7-3-1-4-8-12/h1-10,16H,11,15H2. The summed E-state index contributed by atoms with van der Waals surface area (Å²) in [7, 11) is 0. The van der Waals surface area contributed by atoms with Gasteiger partial charge in [0.15, 0.2) is 0 Å². The van der Waals surface area contributed by atoms with Gasteiger partial charge in [0, 0.05) is 5.56 Å². The molecule has 0 aliphatic carbocycles. The number of anilines is 1. The van der Waals surface area contributed by atoms with Gasteiger partial charge < -0.3 is 5.73 Å². The zero-order valence-electron chi connectivity index (χ0n) is 9.91. The summed E-state index contributed by atoms with van der Waals surface area (Å²) in [6, 6.07) is 18.4. The van der Waals surface area contributed by atoms with Gasteiger partial charge in [-0.2, -0.15) is 0 Å². The molecule has 2 aromatic rings. The number of rotatable bonds is 4. The summed E-state index contributed by atoms with van der Waals surface area (Å²) in [6.07, 6.45) is 0. The van der Waals surface area contributed by atoms with Gasteiger partial charge >= 0.3 is 0 Å². The molecule has 0 aromatic heterocycles. The van der Waals surface area contributed by atoms with Crippen molar-refractivity contribution in [3.8, 4) is 0 Å². The van der Waals surface area contributed by atoms with Gasteiger partial charge in [0.05, 0.1) is 12.4 Å². The molecule has 18 heavy (non-hydrogen) atoms. The van der Waals surface area contributed by atoms with E-state index in [1.165, 1.54) is 5.01 Å². The van der Waals surface area contributed by atoms with Crippen LogP contribution in [0.4, 0.5) is 5.69 Å². The lowest BCUT2D eigenvalue weighted by molar-refractivity contribution is 0.0974.